The van der Waals surface area contributed by atoms with E-state index in [4.69, 9.17) is 0 Å². The number of rotatable bonds is 3. The van der Waals surface area contributed by atoms with Gasteiger partial charge in [-0.25, -0.2) is 0 Å². The minimum atomic E-state index is 0.334. The van der Waals surface area contributed by atoms with Gasteiger partial charge >= 0.3 is 0 Å². The van der Waals surface area contributed by atoms with E-state index in [1.54, 1.807) is 0 Å². The van der Waals surface area contributed by atoms with Crippen LogP contribution in [0.5, 0.6) is 0 Å². The lowest BCUT2D eigenvalue weighted by Gasteiger charge is -2.52. The van der Waals surface area contributed by atoms with Gasteiger partial charge in [-0.2, -0.15) is 0 Å². The Balaban J connectivity index is 1.80. The minimum absolute atomic E-state index is 0.334. The van der Waals surface area contributed by atoms with Crippen molar-refractivity contribution >= 4 is 5.91 Å². The normalized spacial score (nSPS) is 39.4. The van der Waals surface area contributed by atoms with Crippen LogP contribution in [0.4, 0.5) is 0 Å². The van der Waals surface area contributed by atoms with Crippen molar-refractivity contribution in [2.24, 2.45) is 29.6 Å². The third kappa shape index (κ3) is 2.40. The molecular weight excluding hydrogens is 246 g/mol. The Kier molecular flexibility index (Phi) is 3.85. The van der Waals surface area contributed by atoms with E-state index in [2.05, 4.69) is 32.6 Å². The molecule has 0 radical (unpaired) electrons. The average Bonchev–Trinajstić information content (AvgIpc) is 2.34. The standard InChI is InChI=1S/C18H31NO/c1-11(2)19(12(3)4)18(20)17-10-14-7-13-5-6-16(17)15(8-13)9-14/h11-17H,5-10H2,1-4H3. The van der Waals surface area contributed by atoms with Gasteiger partial charge in [0.15, 0.2) is 0 Å². The Morgan fingerprint density at radius 1 is 0.900 bits per heavy atom. The largest absolute Gasteiger partial charge is 0.338 e. The zero-order valence-corrected chi connectivity index (χ0v) is 13.6. The maximum atomic E-state index is 13.1. The van der Waals surface area contributed by atoms with Crippen molar-refractivity contribution in [3.8, 4) is 0 Å². The highest BCUT2D eigenvalue weighted by Crippen LogP contribution is 2.54. The molecule has 3 aliphatic rings. The van der Waals surface area contributed by atoms with Gasteiger partial charge in [-0.3, -0.25) is 4.79 Å². The number of hydrogen-bond acceptors (Lipinski definition) is 1. The summed E-state index contributed by atoms with van der Waals surface area (Å²) in [6.07, 6.45) is 8.17. The summed E-state index contributed by atoms with van der Waals surface area (Å²) in [7, 11) is 0. The van der Waals surface area contributed by atoms with E-state index >= 15 is 0 Å². The molecule has 2 nitrogen and oxygen atoms in total. The van der Waals surface area contributed by atoms with Gasteiger partial charge in [-0.05, 0) is 83.5 Å². The number of carbonyl (C=O) groups excluding carboxylic acids is 1. The Labute approximate surface area is 124 Å². The van der Waals surface area contributed by atoms with Crippen LogP contribution in [0, 0.1) is 29.6 Å². The second-order valence-corrected chi connectivity index (χ2v) is 8.22. The van der Waals surface area contributed by atoms with Crippen molar-refractivity contribution in [2.45, 2.75) is 78.3 Å². The lowest BCUT2D eigenvalue weighted by atomic mass is 9.54. The molecule has 3 fully saturated rings. The molecule has 3 rings (SSSR count). The fraction of sp³-hybridized carbons (Fsp3) is 0.944. The van der Waals surface area contributed by atoms with Crippen LogP contribution >= 0.6 is 0 Å². The third-order valence-electron chi connectivity index (χ3n) is 6.24. The summed E-state index contributed by atoms with van der Waals surface area (Å²) >= 11 is 0. The van der Waals surface area contributed by atoms with Crippen LogP contribution in [-0.4, -0.2) is 22.9 Å². The molecule has 0 aliphatic heterocycles. The first-order valence-corrected chi connectivity index (χ1v) is 8.79. The Bertz CT molecular complexity index is 362. The van der Waals surface area contributed by atoms with Crippen LogP contribution in [0.15, 0.2) is 0 Å². The fourth-order valence-corrected chi connectivity index (χ4v) is 5.70. The number of fused-ring (bicyclic) bond motifs is 2. The van der Waals surface area contributed by atoms with Gasteiger partial charge in [0, 0.05) is 18.0 Å². The highest BCUT2D eigenvalue weighted by atomic mass is 16.2. The molecule has 2 heteroatoms. The van der Waals surface area contributed by atoms with E-state index in [1.807, 2.05) is 0 Å². The lowest BCUT2D eigenvalue weighted by molar-refractivity contribution is -0.148. The summed E-state index contributed by atoms with van der Waals surface area (Å²) in [6.45, 7) is 8.66. The number of hydrogen-bond donors (Lipinski definition) is 0. The third-order valence-corrected chi connectivity index (χ3v) is 6.24. The van der Waals surface area contributed by atoms with Crippen molar-refractivity contribution in [3.05, 3.63) is 0 Å². The predicted octanol–water partition coefficient (Wildman–Crippen LogP) is 4.09. The van der Waals surface area contributed by atoms with E-state index in [1.165, 1.54) is 38.5 Å². The van der Waals surface area contributed by atoms with Crippen molar-refractivity contribution < 1.29 is 4.79 Å². The van der Waals surface area contributed by atoms with E-state index in [9.17, 15) is 4.79 Å². The summed E-state index contributed by atoms with van der Waals surface area (Å²) < 4.78 is 0. The van der Waals surface area contributed by atoms with Crippen molar-refractivity contribution in [1.29, 1.82) is 0 Å². The summed E-state index contributed by atoms with van der Waals surface area (Å²) in [5.74, 6) is 4.23. The second kappa shape index (κ2) is 5.35. The van der Waals surface area contributed by atoms with Gasteiger partial charge in [0.05, 0.1) is 0 Å². The molecule has 3 aliphatic carbocycles. The molecule has 5 unspecified atom stereocenters. The number of nitrogens with zero attached hydrogens (tertiary/aromatic N) is 1. The molecule has 20 heavy (non-hydrogen) atoms. The fourth-order valence-electron chi connectivity index (χ4n) is 5.70. The smallest absolute Gasteiger partial charge is 0.226 e. The van der Waals surface area contributed by atoms with Crippen LogP contribution in [0.2, 0.25) is 0 Å². The molecule has 0 N–H and O–H groups in total. The minimum Gasteiger partial charge on any atom is -0.338 e. The van der Waals surface area contributed by atoms with Crippen LogP contribution < -0.4 is 0 Å². The first kappa shape index (κ1) is 14.4. The molecule has 0 aromatic carbocycles. The van der Waals surface area contributed by atoms with Crippen molar-refractivity contribution in [2.75, 3.05) is 0 Å². The van der Waals surface area contributed by atoms with Gasteiger partial charge in [0.2, 0.25) is 5.91 Å². The van der Waals surface area contributed by atoms with Crippen molar-refractivity contribution in [3.63, 3.8) is 0 Å². The Hall–Kier alpha value is -0.530. The second-order valence-electron chi connectivity index (χ2n) is 8.22. The highest BCUT2D eigenvalue weighted by Gasteiger charge is 2.48. The average molecular weight is 277 g/mol. The Morgan fingerprint density at radius 3 is 2.20 bits per heavy atom. The maximum absolute atomic E-state index is 13.1. The summed E-state index contributed by atoms with van der Waals surface area (Å²) in [6, 6.07) is 0.668. The molecule has 3 bridgehead atoms. The molecule has 114 valence electrons. The summed E-state index contributed by atoms with van der Waals surface area (Å²) in [5, 5.41) is 0. The molecule has 3 saturated carbocycles. The Morgan fingerprint density at radius 2 is 1.55 bits per heavy atom. The number of carbonyl (C=O) groups is 1. The summed E-state index contributed by atoms with van der Waals surface area (Å²) in [5.41, 5.74) is 0. The first-order chi connectivity index (χ1) is 9.47. The van der Waals surface area contributed by atoms with Crippen LogP contribution in [0.1, 0.15) is 66.2 Å². The zero-order chi connectivity index (χ0) is 14.4. The molecule has 0 saturated heterocycles. The quantitative estimate of drug-likeness (QED) is 0.760. The molecular formula is C18H31NO. The topological polar surface area (TPSA) is 20.3 Å². The SMILES string of the molecule is CC(C)N(C(=O)C1CC2CC3CCC1C(C3)C2)C(C)C. The molecule has 0 heterocycles. The monoisotopic (exact) mass is 277 g/mol. The first-order valence-electron chi connectivity index (χ1n) is 8.79. The van der Waals surface area contributed by atoms with Crippen LogP contribution in [0.25, 0.3) is 0 Å². The van der Waals surface area contributed by atoms with E-state index in [0.717, 1.165) is 17.8 Å². The van der Waals surface area contributed by atoms with E-state index in [-0.39, 0.29) is 0 Å². The number of amides is 1. The van der Waals surface area contributed by atoms with Crippen molar-refractivity contribution in [1.82, 2.24) is 4.90 Å². The maximum Gasteiger partial charge on any atom is 0.226 e. The molecule has 0 aromatic heterocycles. The van der Waals surface area contributed by atoms with E-state index in [0.29, 0.717) is 29.8 Å². The van der Waals surface area contributed by atoms with Gasteiger partial charge < -0.3 is 4.90 Å². The van der Waals surface area contributed by atoms with E-state index < -0.39 is 0 Å². The lowest BCUT2D eigenvalue weighted by Crippen LogP contribution is -2.52. The van der Waals surface area contributed by atoms with Gasteiger partial charge in [-0.1, -0.05) is 6.42 Å². The molecule has 0 spiro atoms. The molecule has 1 amide bonds. The zero-order valence-electron chi connectivity index (χ0n) is 13.6. The van der Waals surface area contributed by atoms with Gasteiger partial charge in [0.1, 0.15) is 0 Å². The highest BCUT2D eigenvalue weighted by molar-refractivity contribution is 5.80. The van der Waals surface area contributed by atoms with Crippen LogP contribution in [-0.2, 0) is 4.79 Å². The molecule has 5 atom stereocenters. The predicted molar refractivity (Wildman–Crippen MR) is 82.3 cm³/mol. The van der Waals surface area contributed by atoms with Crippen LogP contribution in [0.3, 0.4) is 0 Å². The van der Waals surface area contributed by atoms with Gasteiger partial charge in [0.25, 0.3) is 0 Å². The van der Waals surface area contributed by atoms with Gasteiger partial charge in [-0.15, -0.1) is 0 Å². The molecule has 0 aromatic rings. The summed E-state index contributed by atoms with van der Waals surface area (Å²) in [4.78, 5) is 15.3.